The molecule has 0 aliphatic rings. The Bertz CT molecular complexity index is 702. The summed E-state index contributed by atoms with van der Waals surface area (Å²) in [5.41, 5.74) is -1.06. The van der Waals surface area contributed by atoms with Gasteiger partial charge in [-0.15, -0.1) is 0 Å². The molecule has 0 atom stereocenters. The minimum atomic E-state index is -4.57. The van der Waals surface area contributed by atoms with E-state index in [1.807, 2.05) is 0 Å². The Morgan fingerprint density at radius 3 is 2.39 bits per heavy atom. The highest BCUT2D eigenvalue weighted by Gasteiger charge is 2.30. The second kappa shape index (κ2) is 6.99. The largest absolute Gasteiger partial charge is 0.416 e. The van der Waals surface area contributed by atoms with Gasteiger partial charge in [0.15, 0.2) is 0 Å². The highest BCUT2D eigenvalue weighted by molar-refractivity contribution is 7.99. The van der Waals surface area contributed by atoms with Crippen LogP contribution >= 0.6 is 11.8 Å². The molecule has 0 unspecified atom stereocenters. The fourth-order valence-electron chi connectivity index (χ4n) is 1.80. The van der Waals surface area contributed by atoms with Gasteiger partial charge in [-0.25, -0.2) is 0 Å². The number of benzene rings is 2. The first-order chi connectivity index (χ1) is 10.8. The number of hydrogen-bond donors (Lipinski definition) is 1. The third-order valence-corrected chi connectivity index (χ3v) is 3.59. The third kappa shape index (κ3) is 4.69. The summed E-state index contributed by atoms with van der Waals surface area (Å²) in [6.45, 7) is 0. The number of carbonyl (C=O) groups excluding carboxylic acids is 1. The summed E-state index contributed by atoms with van der Waals surface area (Å²) >= 11 is 0.242. The van der Waals surface area contributed by atoms with Gasteiger partial charge in [-0.3, -0.25) is 4.79 Å². The zero-order valence-corrected chi connectivity index (χ0v) is 12.2. The summed E-state index contributed by atoms with van der Waals surface area (Å²) in [6, 6.07) is 9.71. The topological polar surface area (TPSA) is 29.1 Å². The molecule has 2 aromatic rings. The predicted molar refractivity (Wildman–Crippen MR) is 77.7 cm³/mol. The van der Waals surface area contributed by atoms with E-state index in [0.29, 0.717) is 6.07 Å². The quantitative estimate of drug-likeness (QED) is 0.603. The van der Waals surface area contributed by atoms with Crippen molar-refractivity contribution in [1.82, 2.24) is 0 Å². The van der Waals surface area contributed by atoms with Crippen LogP contribution in [0.3, 0.4) is 0 Å². The summed E-state index contributed by atoms with van der Waals surface area (Å²) in [5, 5.41) is 2.35. The molecule has 1 amide bonds. The van der Waals surface area contributed by atoms with E-state index >= 15 is 0 Å². The minimum Gasteiger partial charge on any atom is -0.321 e. The minimum absolute atomic E-state index is 0.111. The van der Waals surface area contributed by atoms with Crippen molar-refractivity contribution in [2.24, 2.45) is 0 Å². The average molecular weight is 347 g/mol. The van der Waals surface area contributed by atoms with E-state index in [9.17, 15) is 26.7 Å². The molecule has 0 saturated heterocycles. The van der Waals surface area contributed by atoms with Crippen LogP contribution in [0.25, 0.3) is 0 Å². The van der Waals surface area contributed by atoms with Crippen molar-refractivity contribution in [2.75, 3.05) is 5.32 Å². The van der Waals surface area contributed by atoms with Gasteiger partial charge in [-0.1, -0.05) is 30.0 Å². The Hall–Kier alpha value is -2.09. The predicted octanol–water partition coefficient (Wildman–Crippen LogP) is 5.27. The van der Waals surface area contributed by atoms with Gasteiger partial charge < -0.3 is 5.32 Å². The van der Waals surface area contributed by atoms with Crippen molar-refractivity contribution < 1.29 is 26.7 Å². The van der Waals surface area contributed by atoms with Crippen molar-refractivity contribution >= 4 is 23.4 Å². The third-order valence-electron chi connectivity index (χ3n) is 2.80. The lowest BCUT2D eigenvalue weighted by Gasteiger charge is -2.12. The van der Waals surface area contributed by atoms with Gasteiger partial charge in [0, 0.05) is 10.5 Å². The van der Waals surface area contributed by atoms with E-state index in [4.69, 9.17) is 0 Å². The van der Waals surface area contributed by atoms with Crippen LogP contribution in [0.2, 0.25) is 0 Å². The molecule has 0 radical (unpaired) electrons. The average Bonchev–Trinajstić information content (AvgIpc) is 2.48. The number of thioether (sulfide) groups is 1. The van der Waals surface area contributed by atoms with E-state index in [-0.39, 0.29) is 27.9 Å². The van der Waals surface area contributed by atoms with Gasteiger partial charge in [-0.05, 0) is 30.3 Å². The van der Waals surface area contributed by atoms with Crippen LogP contribution in [0, 0.1) is 0 Å². The Morgan fingerprint density at radius 2 is 1.74 bits per heavy atom. The van der Waals surface area contributed by atoms with Crippen LogP contribution in [0.4, 0.5) is 27.6 Å². The first kappa shape index (κ1) is 17.3. The monoisotopic (exact) mass is 347 g/mol. The molecule has 2 nitrogen and oxygen atoms in total. The van der Waals surface area contributed by atoms with Crippen molar-refractivity contribution in [3.63, 3.8) is 0 Å². The normalized spacial score (nSPS) is 11.6. The Labute approximate surface area is 132 Å². The zero-order chi connectivity index (χ0) is 17.0. The van der Waals surface area contributed by atoms with Crippen LogP contribution in [-0.4, -0.2) is 11.7 Å². The van der Waals surface area contributed by atoms with Gasteiger partial charge >= 0.3 is 6.18 Å². The van der Waals surface area contributed by atoms with E-state index in [2.05, 4.69) is 5.32 Å². The molecule has 23 heavy (non-hydrogen) atoms. The molecule has 0 heterocycles. The molecule has 2 aromatic carbocycles. The number of nitrogens with one attached hydrogen (secondary N) is 1. The maximum absolute atomic E-state index is 12.6. The molecule has 1 N–H and O–H groups in total. The molecule has 0 aromatic heterocycles. The van der Waals surface area contributed by atoms with Gasteiger partial charge in [0.05, 0.1) is 11.3 Å². The molecule has 8 heteroatoms. The lowest BCUT2D eigenvalue weighted by Crippen LogP contribution is -2.14. The molecule has 0 bridgehead atoms. The molecule has 0 spiro atoms. The van der Waals surface area contributed by atoms with Crippen molar-refractivity contribution in [3.8, 4) is 0 Å². The smallest absolute Gasteiger partial charge is 0.321 e. The number of rotatable bonds is 4. The van der Waals surface area contributed by atoms with E-state index in [1.54, 1.807) is 0 Å². The summed E-state index contributed by atoms with van der Waals surface area (Å²) < 4.78 is 62.9. The summed E-state index contributed by atoms with van der Waals surface area (Å²) in [4.78, 5) is 12.2. The Kier molecular flexibility index (Phi) is 5.25. The van der Waals surface area contributed by atoms with Crippen molar-refractivity contribution in [2.45, 2.75) is 16.8 Å². The Morgan fingerprint density at radius 1 is 1.04 bits per heavy atom. The van der Waals surface area contributed by atoms with Gasteiger partial charge in [0.1, 0.15) is 0 Å². The van der Waals surface area contributed by atoms with Crippen molar-refractivity contribution in [1.29, 1.82) is 0 Å². The summed E-state index contributed by atoms with van der Waals surface area (Å²) in [7, 11) is 0. The number of anilines is 1. The highest BCUT2D eigenvalue weighted by Crippen LogP contribution is 2.32. The van der Waals surface area contributed by atoms with E-state index in [1.165, 1.54) is 30.3 Å². The molecule has 122 valence electrons. The van der Waals surface area contributed by atoms with Crippen LogP contribution in [-0.2, 0) is 6.18 Å². The fraction of sp³-hybridized carbons (Fsp3) is 0.133. The number of para-hydroxylation sites is 1. The molecular weight excluding hydrogens is 337 g/mol. The first-order valence-electron chi connectivity index (χ1n) is 6.30. The van der Waals surface area contributed by atoms with Gasteiger partial charge in [-0.2, -0.15) is 22.0 Å². The number of alkyl halides is 5. The second-order valence-corrected chi connectivity index (χ2v) is 5.44. The Balaban J connectivity index is 2.23. The zero-order valence-electron chi connectivity index (χ0n) is 11.4. The lowest BCUT2D eigenvalue weighted by atomic mass is 10.1. The maximum atomic E-state index is 12.6. The molecule has 0 aliphatic carbocycles. The fourth-order valence-corrected chi connectivity index (χ4v) is 2.40. The summed E-state index contributed by atoms with van der Waals surface area (Å²) in [6.07, 6.45) is -4.57. The number of carbonyl (C=O) groups is 1. The summed E-state index contributed by atoms with van der Waals surface area (Å²) in [5.74, 6) is -3.49. The highest BCUT2D eigenvalue weighted by atomic mass is 32.2. The van der Waals surface area contributed by atoms with E-state index in [0.717, 1.165) is 12.1 Å². The number of halogens is 5. The maximum Gasteiger partial charge on any atom is 0.416 e. The molecule has 0 fully saturated rings. The molecule has 0 aliphatic heterocycles. The van der Waals surface area contributed by atoms with Crippen LogP contribution in [0.5, 0.6) is 0 Å². The lowest BCUT2D eigenvalue weighted by molar-refractivity contribution is -0.137. The molecule has 2 rings (SSSR count). The second-order valence-electron chi connectivity index (χ2n) is 4.41. The standard InChI is InChI=1S/C15H10F5NOS/c16-14(17)23-12-7-2-1-6-11(12)21-13(22)9-4-3-5-10(8-9)15(18,19)20/h1-8,14H,(H,21,22). The molecular formula is C15H10F5NOS. The van der Waals surface area contributed by atoms with Gasteiger partial charge in [0.25, 0.3) is 11.7 Å². The first-order valence-corrected chi connectivity index (χ1v) is 7.18. The van der Waals surface area contributed by atoms with Crippen LogP contribution < -0.4 is 5.32 Å². The number of amides is 1. The van der Waals surface area contributed by atoms with E-state index < -0.39 is 23.4 Å². The SMILES string of the molecule is O=C(Nc1ccccc1SC(F)F)c1cccc(C(F)(F)F)c1. The van der Waals surface area contributed by atoms with Crippen molar-refractivity contribution in [3.05, 3.63) is 59.7 Å². The van der Waals surface area contributed by atoms with Crippen LogP contribution in [0.1, 0.15) is 15.9 Å². The number of hydrogen-bond acceptors (Lipinski definition) is 2. The molecule has 0 saturated carbocycles. The van der Waals surface area contributed by atoms with Gasteiger partial charge in [0.2, 0.25) is 0 Å². The van der Waals surface area contributed by atoms with Crippen LogP contribution in [0.15, 0.2) is 53.4 Å².